The SMILES string of the molecule is CCC(C)NC1CCc2c(O)cccc21. The smallest absolute Gasteiger partial charge is 0.119 e. The molecule has 82 valence electrons. The Morgan fingerprint density at radius 1 is 1.53 bits per heavy atom. The summed E-state index contributed by atoms with van der Waals surface area (Å²) in [5, 5.41) is 13.3. The molecule has 1 aliphatic rings. The van der Waals surface area contributed by atoms with Gasteiger partial charge in [-0.2, -0.15) is 0 Å². The average molecular weight is 205 g/mol. The Labute approximate surface area is 91.3 Å². The third-order valence-electron chi connectivity index (χ3n) is 3.34. The van der Waals surface area contributed by atoms with Gasteiger partial charge in [0, 0.05) is 12.1 Å². The lowest BCUT2D eigenvalue weighted by Crippen LogP contribution is -2.28. The minimum absolute atomic E-state index is 0.432. The minimum atomic E-state index is 0.432. The Hall–Kier alpha value is -1.02. The van der Waals surface area contributed by atoms with Crippen LogP contribution in [0.2, 0.25) is 0 Å². The van der Waals surface area contributed by atoms with Crippen molar-refractivity contribution in [3.8, 4) is 5.75 Å². The van der Waals surface area contributed by atoms with Gasteiger partial charge in [-0.15, -0.1) is 0 Å². The first-order valence-corrected chi connectivity index (χ1v) is 5.79. The normalized spacial score (nSPS) is 21.3. The molecule has 1 aromatic carbocycles. The topological polar surface area (TPSA) is 32.3 Å². The lowest BCUT2D eigenvalue weighted by Gasteiger charge is -2.19. The summed E-state index contributed by atoms with van der Waals surface area (Å²) < 4.78 is 0. The highest BCUT2D eigenvalue weighted by molar-refractivity contribution is 5.44. The molecule has 1 aliphatic carbocycles. The van der Waals surface area contributed by atoms with Crippen LogP contribution in [0.15, 0.2) is 18.2 Å². The van der Waals surface area contributed by atoms with Crippen LogP contribution in [0, 0.1) is 0 Å². The monoisotopic (exact) mass is 205 g/mol. The van der Waals surface area contributed by atoms with E-state index in [0.717, 1.165) is 24.8 Å². The van der Waals surface area contributed by atoms with Crippen molar-refractivity contribution in [2.45, 2.75) is 45.2 Å². The summed E-state index contributed by atoms with van der Waals surface area (Å²) in [6.07, 6.45) is 3.25. The van der Waals surface area contributed by atoms with E-state index in [0.29, 0.717) is 17.8 Å². The van der Waals surface area contributed by atoms with Crippen LogP contribution < -0.4 is 5.32 Å². The minimum Gasteiger partial charge on any atom is -0.508 e. The Morgan fingerprint density at radius 2 is 2.33 bits per heavy atom. The van der Waals surface area contributed by atoms with Crippen molar-refractivity contribution in [2.24, 2.45) is 0 Å². The maximum absolute atomic E-state index is 9.71. The lowest BCUT2D eigenvalue weighted by molar-refractivity contribution is 0.445. The van der Waals surface area contributed by atoms with Crippen molar-refractivity contribution in [2.75, 3.05) is 0 Å². The number of aromatic hydroxyl groups is 1. The van der Waals surface area contributed by atoms with E-state index in [1.165, 1.54) is 5.56 Å². The molecule has 0 saturated carbocycles. The van der Waals surface area contributed by atoms with E-state index in [1.54, 1.807) is 6.07 Å². The van der Waals surface area contributed by atoms with E-state index in [2.05, 4.69) is 25.2 Å². The van der Waals surface area contributed by atoms with E-state index < -0.39 is 0 Å². The predicted molar refractivity (Wildman–Crippen MR) is 62.1 cm³/mol. The maximum atomic E-state index is 9.71. The van der Waals surface area contributed by atoms with Crippen LogP contribution in [0.25, 0.3) is 0 Å². The molecule has 0 aromatic heterocycles. The van der Waals surface area contributed by atoms with Crippen molar-refractivity contribution < 1.29 is 5.11 Å². The number of hydrogen-bond donors (Lipinski definition) is 2. The van der Waals surface area contributed by atoms with Gasteiger partial charge in [-0.05, 0) is 43.4 Å². The van der Waals surface area contributed by atoms with Gasteiger partial charge in [0.05, 0.1) is 0 Å². The quantitative estimate of drug-likeness (QED) is 0.795. The molecule has 2 nitrogen and oxygen atoms in total. The molecule has 0 bridgehead atoms. The zero-order valence-electron chi connectivity index (χ0n) is 9.46. The summed E-state index contributed by atoms with van der Waals surface area (Å²) in [5.74, 6) is 0.459. The van der Waals surface area contributed by atoms with Crippen molar-refractivity contribution in [1.82, 2.24) is 5.32 Å². The number of phenols is 1. The van der Waals surface area contributed by atoms with Crippen LogP contribution in [-0.4, -0.2) is 11.1 Å². The van der Waals surface area contributed by atoms with Crippen molar-refractivity contribution in [1.29, 1.82) is 0 Å². The van der Waals surface area contributed by atoms with E-state index in [9.17, 15) is 5.11 Å². The van der Waals surface area contributed by atoms with Gasteiger partial charge < -0.3 is 10.4 Å². The number of nitrogens with one attached hydrogen (secondary N) is 1. The van der Waals surface area contributed by atoms with Crippen LogP contribution in [0.3, 0.4) is 0 Å². The van der Waals surface area contributed by atoms with Crippen LogP contribution in [-0.2, 0) is 6.42 Å². The van der Waals surface area contributed by atoms with Gasteiger partial charge in [0.2, 0.25) is 0 Å². The first-order valence-electron chi connectivity index (χ1n) is 5.79. The first kappa shape index (κ1) is 10.5. The molecule has 2 rings (SSSR count). The van der Waals surface area contributed by atoms with Gasteiger partial charge >= 0.3 is 0 Å². The largest absolute Gasteiger partial charge is 0.508 e. The van der Waals surface area contributed by atoms with Crippen molar-refractivity contribution >= 4 is 0 Å². The van der Waals surface area contributed by atoms with Crippen LogP contribution in [0.1, 0.15) is 43.9 Å². The summed E-state index contributed by atoms with van der Waals surface area (Å²) in [7, 11) is 0. The molecule has 0 spiro atoms. The fourth-order valence-corrected chi connectivity index (χ4v) is 2.27. The first-order chi connectivity index (χ1) is 7.22. The van der Waals surface area contributed by atoms with E-state index in [4.69, 9.17) is 0 Å². The van der Waals surface area contributed by atoms with Gasteiger partial charge in [-0.25, -0.2) is 0 Å². The summed E-state index contributed by atoms with van der Waals surface area (Å²) in [4.78, 5) is 0. The van der Waals surface area contributed by atoms with Gasteiger partial charge in [-0.1, -0.05) is 19.1 Å². The third kappa shape index (κ3) is 2.00. The number of phenolic OH excluding ortho intramolecular Hbond substituents is 1. The van der Waals surface area contributed by atoms with Gasteiger partial charge in [0.15, 0.2) is 0 Å². The van der Waals surface area contributed by atoms with Crippen LogP contribution >= 0.6 is 0 Å². The summed E-state index contributed by atoms with van der Waals surface area (Å²) >= 11 is 0. The molecule has 0 amide bonds. The zero-order chi connectivity index (χ0) is 10.8. The Balaban J connectivity index is 2.18. The predicted octanol–water partition coefficient (Wildman–Crippen LogP) is 2.77. The molecular formula is C13H19NO. The van der Waals surface area contributed by atoms with Gasteiger partial charge in [0.25, 0.3) is 0 Å². The fourth-order valence-electron chi connectivity index (χ4n) is 2.27. The summed E-state index contributed by atoms with van der Waals surface area (Å²) in [5.41, 5.74) is 2.42. The zero-order valence-corrected chi connectivity index (χ0v) is 9.46. The number of hydrogen-bond acceptors (Lipinski definition) is 2. The van der Waals surface area contributed by atoms with E-state index in [-0.39, 0.29) is 0 Å². The van der Waals surface area contributed by atoms with Gasteiger partial charge in [-0.3, -0.25) is 0 Å². The highest BCUT2D eigenvalue weighted by Gasteiger charge is 2.24. The molecule has 0 radical (unpaired) electrons. The van der Waals surface area contributed by atoms with Crippen molar-refractivity contribution in [3.63, 3.8) is 0 Å². The Kier molecular flexibility index (Phi) is 2.96. The van der Waals surface area contributed by atoms with Crippen molar-refractivity contribution in [3.05, 3.63) is 29.3 Å². The second kappa shape index (κ2) is 4.23. The summed E-state index contributed by atoms with van der Waals surface area (Å²) in [6, 6.07) is 6.82. The van der Waals surface area contributed by atoms with Gasteiger partial charge in [0.1, 0.15) is 5.75 Å². The molecule has 0 heterocycles. The molecule has 0 fully saturated rings. The number of fused-ring (bicyclic) bond motifs is 1. The molecule has 1 aromatic rings. The molecular weight excluding hydrogens is 186 g/mol. The number of rotatable bonds is 3. The highest BCUT2D eigenvalue weighted by atomic mass is 16.3. The molecule has 0 aliphatic heterocycles. The van der Waals surface area contributed by atoms with Crippen LogP contribution in [0.4, 0.5) is 0 Å². The molecule has 2 atom stereocenters. The molecule has 2 heteroatoms. The Bertz CT molecular complexity index is 348. The molecule has 2 unspecified atom stereocenters. The van der Waals surface area contributed by atoms with E-state index >= 15 is 0 Å². The number of benzene rings is 1. The third-order valence-corrected chi connectivity index (χ3v) is 3.34. The average Bonchev–Trinajstić information content (AvgIpc) is 2.63. The fraction of sp³-hybridized carbons (Fsp3) is 0.538. The second-order valence-corrected chi connectivity index (χ2v) is 4.41. The lowest BCUT2D eigenvalue weighted by atomic mass is 10.1. The summed E-state index contributed by atoms with van der Waals surface area (Å²) in [6.45, 7) is 4.40. The molecule has 15 heavy (non-hydrogen) atoms. The highest BCUT2D eigenvalue weighted by Crippen LogP contribution is 2.36. The standard InChI is InChI=1S/C13H19NO/c1-3-9(2)14-12-8-7-11-10(12)5-4-6-13(11)15/h4-6,9,12,14-15H,3,7-8H2,1-2H3. The second-order valence-electron chi connectivity index (χ2n) is 4.41. The molecule has 0 saturated heterocycles. The van der Waals surface area contributed by atoms with Crippen LogP contribution in [0.5, 0.6) is 5.75 Å². The maximum Gasteiger partial charge on any atom is 0.119 e. The molecule has 2 N–H and O–H groups in total. The Morgan fingerprint density at radius 3 is 3.07 bits per heavy atom. The van der Waals surface area contributed by atoms with E-state index in [1.807, 2.05) is 6.07 Å².